The molecule has 0 spiro atoms. The largest absolute Gasteiger partial charge is 0.428 e. The Bertz CT molecular complexity index is 1130. The second kappa shape index (κ2) is 7.94. The van der Waals surface area contributed by atoms with Gasteiger partial charge in [-0.2, -0.15) is 4.73 Å². The average molecular weight is 401 g/mol. The standard InChI is InChI=1S/C25H26N4O/c1-27-15-17-28(18-16-27)25(21-12-7-8-14-26-21)23-20-11-5-6-13-22(20)29(30)24(23)19-9-3-2-4-10-19/h2-14,25,30H,15-18H2,1H3/p+2/t25-/m1/s1. The molecule has 0 radical (unpaired) electrons. The number of pyridine rings is 1. The van der Waals surface area contributed by atoms with E-state index in [0.717, 1.165) is 59.6 Å². The van der Waals surface area contributed by atoms with E-state index in [4.69, 9.17) is 4.98 Å². The van der Waals surface area contributed by atoms with Crippen molar-refractivity contribution in [1.82, 2.24) is 9.71 Å². The lowest BCUT2D eigenvalue weighted by Gasteiger charge is -2.33. The average Bonchev–Trinajstić information content (AvgIpc) is 3.09. The van der Waals surface area contributed by atoms with Crippen LogP contribution in [0.4, 0.5) is 0 Å². The number of likely N-dealkylation sites (N-methyl/N-ethyl adjacent to an activating group) is 1. The van der Waals surface area contributed by atoms with Gasteiger partial charge in [0.15, 0.2) is 6.04 Å². The molecule has 3 heterocycles. The molecule has 5 rings (SSSR count). The van der Waals surface area contributed by atoms with Gasteiger partial charge in [0.05, 0.1) is 23.8 Å². The van der Waals surface area contributed by atoms with Crippen molar-refractivity contribution in [3.8, 4) is 11.3 Å². The highest BCUT2D eigenvalue weighted by Gasteiger charge is 2.36. The van der Waals surface area contributed by atoms with Gasteiger partial charge in [0.2, 0.25) is 0 Å². The van der Waals surface area contributed by atoms with E-state index in [-0.39, 0.29) is 6.04 Å². The highest BCUT2D eigenvalue weighted by atomic mass is 16.5. The summed E-state index contributed by atoms with van der Waals surface area (Å²) in [6.07, 6.45) is 1.88. The van der Waals surface area contributed by atoms with Crippen LogP contribution >= 0.6 is 0 Å². The number of para-hydroxylation sites is 1. The number of hydrogen-bond donors (Lipinski definition) is 3. The van der Waals surface area contributed by atoms with Crippen molar-refractivity contribution in [2.75, 3.05) is 33.2 Å². The van der Waals surface area contributed by atoms with Crippen molar-refractivity contribution < 1.29 is 15.0 Å². The van der Waals surface area contributed by atoms with Crippen molar-refractivity contribution >= 4 is 10.9 Å². The number of quaternary nitrogens is 2. The SMILES string of the molecule is C[NH+]1CC[NH+]([C@H](c2ccccn2)c2c(-c3ccccc3)n(O)c3ccccc23)CC1. The van der Waals surface area contributed by atoms with E-state index in [0.29, 0.717) is 0 Å². The van der Waals surface area contributed by atoms with Gasteiger partial charge >= 0.3 is 0 Å². The van der Waals surface area contributed by atoms with E-state index in [1.807, 2.05) is 42.6 Å². The molecular formula is C25H28N4O+2. The Balaban J connectivity index is 1.78. The number of rotatable bonds is 4. The highest BCUT2D eigenvalue weighted by molar-refractivity contribution is 5.92. The van der Waals surface area contributed by atoms with Gasteiger partial charge in [0, 0.05) is 17.1 Å². The molecule has 0 saturated carbocycles. The topological polar surface area (TPSA) is 46.9 Å². The zero-order valence-electron chi connectivity index (χ0n) is 17.3. The summed E-state index contributed by atoms with van der Waals surface area (Å²) in [5.41, 5.74) is 4.94. The maximum Gasteiger partial charge on any atom is 0.159 e. The van der Waals surface area contributed by atoms with Crippen LogP contribution in [0.15, 0.2) is 79.0 Å². The monoisotopic (exact) mass is 400 g/mol. The first-order chi connectivity index (χ1) is 14.7. The molecule has 152 valence electrons. The molecule has 1 aliphatic heterocycles. The molecule has 2 aromatic carbocycles. The first-order valence-corrected chi connectivity index (χ1v) is 10.7. The zero-order chi connectivity index (χ0) is 20.5. The molecular weight excluding hydrogens is 372 g/mol. The number of benzene rings is 2. The molecule has 4 aromatic rings. The van der Waals surface area contributed by atoms with Crippen molar-refractivity contribution in [2.24, 2.45) is 0 Å². The summed E-state index contributed by atoms with van der Waals surface area (Å²) < 4.78 is 1.37. The number of nitrogens with one attached hydrogen (secondary N) is 2. The van der Waals surface area contributed by atoms with Crippen LogP contribution in [-0.4, -0.2) is 48.1 Å². The van der Waals surface area contributed by atoms with Crippen molar-refractivity contribution in [3.05, 3.63) is 90.3 Å². The third kappa shape index (κ3) is 3.26. The van der Waals surface area contributed by atoms with Gasteiger partial charge in [-0.25, -0.2) is 0 Å². The first kappa shape index (κ1) is 18.9. The van der Waals surface area contributed by atoms with Crippen LogP contribution in [0.2, 0.25) is 0 Å². The first-order valence-electron chi connectivity index (χ1n) is 10.7. The van der Waals surface area contributed by atoms with Gasteiger partial charge in [0.1, 0.15) is 31.9 Å². The van der Waals surface area contributed by atoms with Crippen LogP contribution in [0.5, 0.6) is 0 Å². The van der Waals surface area contributed by atoms with Gasteiger partial charge in [0.25, 0.3) is 0 Å². The van der Waals surface area contributed by atoms with Crippen LogP contribution in [0.1, 0.15) is 17.3 Å². The fourth-order valence-electron chi connectivity index (χ4n) is 4.81. The number of piperazine rings is 1. The summed E-state index contributed by atoms with van der Waals surface area (Å²) in [4.78, 5) is 7.86. The van der Waals surface area contributed by atoms with E-state index in [9.17, 15) is 5.21 Å². The van der Waals surface area contributed by atoms with Crippen molar-refractivity contribution in [2.45, 2.75) is 6.04 Å². The molecule has 0 aliphatic carbocycles. The molecule has 30 heavy (non-hydrogen) atoms. The number of aromatic nitrogens is 2. The zero-order valence-corrected chi connectivity index (χ0v) is 17.3. The predicted octanol–water partition coefficient (Wildman–Crippen LogP) is 1.44. The second-order valence-corrected chi connectivity index (χ2v) is 8.26. The van der Waals surface area contributed by atoms with Crippen LogP contribution in [0, 0.1) is 0 Å². The van der Waals surface area contributed by atoms with Gasteiger partial charge in [-0.05, 0) is 18.2 Å². The lowest BCUT2D eigenvalue weighted by Crippen LogP contribution is -3.27. The van der Waals surface area contributed by atoms with Gasteiger partial charge in [-0.3, -0.25) is 4.98 Å². The fraction of sp³-hybridized carbons (Fsp3) is 0.240. The molecule has 0 bridgehead atoms. The minimum atomic E-state index is 0.0628. The minimum absolute atomic E-state index is 0.0628. The van der Waals surface area contributed by atoms with Gasteiger partial charge in [-0.15, -0.1) is 0 Å². The normalized spacial score (nSPS) is 20.3. The third-order valence-corrected chi connectivity index (χ3v) is 6.36. The Morgan fingerprint density at radius 1 is 0.867 bits per heavy atom. The maximum absolute atomic E-state index is 11.2. The quantitative estimate of drug-likeness (QED) is 0.454. The molecule has 3 N–H and O–H groups in total. The Morgan fingerprint density at radius 3 is 2.30 bits per heavy atom. The third-order valence-electron chi connectivity index (χ3n) is 6.36. The highest BCUT2D eigenvalue weighted by Crippen LogP contribution is 2.37. The summed E-state index contributed by atoms with van der Waals surface area (Å²) in [5.74, 6) is 0. The van der Waals surface area contributed by atoms with E-state index >= 15 is 0 Å². The molecule has 5 nitrogen and oxygen atoms in total. The van der Waals surface area contributed by atoms with Crippen LogP contribution in [-0.2, 0) is 0 Å². The lowest BCUT2D eigenvalue weighted by molar-refractivity contribution is -1.02. The Labute approximate surface area is 176 Å². The number of fused-ring (bicyclic) bond motifs is 1. The second-order valence-electron chi connectivity index (χ2n) is 8.26. The van der Waals surface area contributed by atoms with Crippen molar-refractivity contribution in [3.63, 3.8) is 0 Å². The van der Waals surface area contributed by atoms with E-state index < -0.39 is 0 Å². The molecule has 5 heteroatoms. The maximum atomic E-state index is 11.2. The molecule has 0 amide bonds. The minimum Gasteiger partial charge on any atom is -0.428 e. The molecule has 1 aliphatic rings. The van der Waals surface area contributed by atoms with Gasteiger partial charge < -0.3 is 15.0 Å². The summed E-state index contributed by atoms with van der Waals surface area (Å²) in [6, 6.07) is 24.6. The summed E-state index contributed by atoms with van der Waals surface area (Å²) in [6.45, 7) is 4.42. The predicted molar refractivity (Wildman–Crippen MR) is 118 cm³/mol. The Morgan fingerprint density at radius 2 is 1.57 bits per heavy atom. The number of nitrogens with zero attached hydrogens (tertiary/aromatic N) is 2. The molecule has 1 fully saturated rings. The molecule has 1 saturated heterocycles. The molecule has 1 atom stereocenters. The van der Waals surface area contributed by atoms with Crippen LogP contribution in [0.3, 0.4) is 0 Å². The van der Waals surface area contributed by atoms with Crippen LogP contribution < -0.4 is 9.80 Å². The van der Waals surface area contributed by atoms with E-state index in [1.165, 1.54) is 9.63 Å². The van der Waals surface area contributed by atoms with Crippen molar-refractivity contribution in [1.29, 1.82) is 0 Å². The van der Waals surface area contributed by atoms with E-state index in [1.54, 1.807) is 4.90 Å². The number of hydrogen-bond acceptors (Lipinski definition) is 2. The summed E-state index contributed by atoms with van der Waals surface area (Å²) in [5, 5.41) is 12.3. The summed E-state index contributed by atoms with van der Waals surface area (Å²) in [7, 11) is 2.27. The summed E-state index contributed by atoms with van der Waals surface area (Å²) >= 11 is 0. The molecule has 2 aromatic heterocycles. The molecule has 0 unspecified atom stereocenters. The van der Waals surface area contributed by atoms with Gasteiger partial charge in [-0.1, -0.05) is 54.6 Å². The fourth-order valence-corrected chi connectivity index (χ4v) is 4.81. The Hall–Kier alpha value is -3.15. The lowest BCUT2D eigenvalue weighted by atomic mass is 9.94. The smallest absolute Gasteiger partial charge is 0.159 e. The van der Waals surface area contributed by atoms with E-state index in [2.05, 4.69) is 43.4 Å². The Kier molecular flexibility index (Phi) is 4.99. The van der Waals surface area contributed by atoms with Crippen LogP contribution in [0.25, 0.3) is 22.2 Å².